The molecular weight excluding hydrogens is 229 g/mol. The Morgan fingerprint density at radius 1 is 1.17 bits per heavy atom. The van der Waals surface area contributed by atoms with Crippen molar-refractivity contribution in [3.63, 3.8) is 0 Å². The second-order valence-electron chi connectivity index (χ2n) is 4.84. The molecular formula is C14H22FN3. The molecule has 0 atom stereocenters. The summed E-state index contributed by atoms with van der Waals surface area (Å²) in [6.07, 6.45) is 0. The van der Waals surface area contributed by atoms with Crippen LogP contribution >= 0.6 is 0 Å². The fourth-order valence-electron chi connectivity index (χ4n) is 2.40. The van der Waals surface area contributed by atoms with Crippen molar-refractivity contribution >= 4 is 0 Å². The van der Waals surface area contributed by atoms with Crippen molar-refractivity contribution < 1.29 is 4.39 Å². The molecule has 2 rings (SSSR count). The number of rotatable bonds is 4. The lowest BCUT2D eigenvalue weighted by atomic mass is 10.1. The maximum Gasteiger partial charge on any atom is 0.127 e. The zero-order valence-electron chi connectivity index (χ0n) is 11.0. The quantitative estimate of drug-likeness (QED) is 0.878. The van der Waals surface area contributed by atoms with Crippen LogP contribution in [0, 0.1) is 5.82 Å². The maximum atomic E-state index is 13.3. The van der Waals surface area contributed by atoms with Crippen molar-refractivity contribution in [2.75, 3.05) is 32.7 Å². The van der Waals surface area contributed by atoms with E-state index in [1.165, 1.54) is 6.07 Å². The molecule has 0 spiro atoms. The van der Waals surface area contributed by atoms with Gasteiger partial charge in [0, 0.05) is 44.8 Å². The number of likely N-dealkylation sites (N-methyl/N-ethyl adjacent to an activating group) is 1. The van der Waals surface area contributed by atoms with E-state index in [1.54, 1.807) is 0 Å². The molecule has 0 radical (unpaired) electrons. The molecule has 2 N–H and O–H groups in total. The highest BCUT2D eigenvalue weighted by atomic mass is 19.1. The molecule has 0 bridgehead atoms. The van der Waals surface area contributed by atoms with E-state index in [9.17, 15) is 4.39 Å². The van der Waals surface area contributed by atoms with Crippen molar-refractivity contribution in [1.29, 1.82) is 0 Å². The summed E-state index contributed by atoms with van der Waals surface area (Å²) in [5, 5.41) is 0. The van der Waals surface area contributed by atoms with Gasteiger partial charge in [0.25, 0.3) is 0 Å². The zero-order valence-corrected chi connectivity index (χ0v) is 11.0. The molecule has 1 aliphatic rings. The number of nitrogens with zero attached hydrogens (tertiary/aromatic N) is 2. The Balaban J connectivity index is 1.94. The van der Waals surface area contributed by atoms with Crippen LogP contribution in [0.25, 0.3) is 0 Å². The van der Waals surface area contributed by atoms with Gasteiger partial charge < -0.3 is 10.6 Å². The first-order valence-electron chi connectivity index (χ1n) is 6.65. The third-order valence-corrected chi connectivity index (χ3v) is 3.65. The fourth-order valence-corrected chi connectivity index (χ4v) is 2.40. The summed E-state index contributed by atoms with van der Waals surface area (Å²) in [5.74, 6) is -0.197. The number of halogens is 1. The number of hydrogen-bond acceptors (Lipinski definition) is 3. The van der Waals surface area contributed by atoms with Crippen LogP contribution in [0.3, 0.4) is 0 Å². The molecule has 1 fully saturated rings. The molecule has 0 saturated carbocycles. The van der Waals surface area contributed by atoms with Crippen molar-refractivity contribution in [2.45, 2.75) is 20.0 Å². The van der Waals surface area contributed by atoms with E-state index in [0.717, 1.165) is 44.8 Å². The highest BCUT2D eigenvalue weighted by molar-refractivity contribution is 5.25. The second kappa shape index (κ2) is 6.27. The van der Waals surface area contributed by atoms with Gasteiger partial charge in [0.1, 0.15) is 5.82 Å². The van der Waals surface area contributed by atoms with Gasteiger partial charge in [-0.25, -0.2) is 4.39 Å². The lowest BCUT2D eigenvalue weighted by molar-refractivity contribution is 0.132. The number of benzene rings is 1. The van der Waals surface area contributed by atoms with Crippen LogP contribution in [-0.4, -0.2) is 42.5 Å². The Morgan fingerprint density at radius 3 is 2.44 bits per heavy atom. The molecule has 1 aromatic rings. The van der Waals surface area contributed by atoms with Gasteiger partial charge in [-0.3, -0.25) is 4.90 Å². The van der Waals surface area contributed by atoms with E-state index in [2.05, 4.69) is 16.7 Å². The van der Waals surface area contributed by atoms with Crippen molar-refractivity contribution in [3.8, 4) is 0 Å². The van der Waals surface area contributed by atoms with Crippen LogP contribution in [0.5, 0.6) is 0 Å². The van der Waals surface area contributed by atoms with Gasteiger partial charge in [-0.15, -0.1) is 0 Å². The Bertz CT molecular complexity index is 387. The third kappa shape index (κ3) is 3.28. The summed E-state index contributed by atoms with van der Waals surface area (Å²) in [7, 11) is 0. The van der Waals surface area contributed by atoms with Gasteiger partial charge in [0.2, 0.25) is 0 Å². The minimum absolute atomic E-state index is 0.197. The van der Waals surface area contributed by atoms with Crippen molar-refractivity contribution in [1.82, 2.24) is 9.80 Å². The molecule has 1 heterocycles. The Labute approximate surface area is 108 Å². The average molecular weight is 251 g/mol. The van der Waals surface area contributed by atoms with Gasteiger partial charge in [-0.2, -0.15) is 0 Å². The molecule has 4 heteroatoms. The summed E-state index contributed by atoms with van der Waals surface area (Å²) < 4.78 is 13.3. The first-order chi connectivity index (χ1) is 8.72. The molecule has 0 aromatic heterocycles. The van der Waals surface area contributed by atoms with E-state index >= 15 is 0 Å². The molecule has 100 valence electrons. The molecule has 0 amide bonds. The van der Waals surface area contributed by atoms with Crippen molar-refractivity contribution in [2.24, 2.45) is 5.73 Å². The smallest absolute Gasteiger partial charge is 0.127 e. The fraction of sp³-hybridized carbons (Fsp3) is 0.571. The third-order valence-electron chi connectivity index (χ3n) is 3.65. The van der Waals surface area contributed by atoms with Gasteiger partial charge in [0.05, 0.1) is 0 Å². The van der Waals surface area contributed by atoms with Crippen LogP contribution in [0.1, 0.15) is 18.1 Å². The summed E-state index contributed by atoms with van der Waals surface area (Å²) in [4.78, 5) is 4.87. The van der Waals surface area contributed by atoms with Crippen LogP contribution in [-0.2, 0) is 13.1 Å². The lowest BCUT2D eigenvalue weighted by Gasteiger charge is -2.34. The summed E-state index contributed by atoms with van der Waals surface area (Å²) >= 11 is 0. The van der Waals surface area contributed by atoms with Gasteiger partial charge in [0.15, 0.2) is 0 Å². The van der Waals surface area contributed by atoms with E-state index in [1.807, 2.05) is 12.1 Å². The minimum atomic E-state index is -0.197. The predicted octanol–water partition coefficient (Wildman–Crippen LogP) is 1.42. The van der Waals surface area contributed by atoms with E-state index in [4.69, 9.17) is 5.73 Å². The second-order valence-corrected chi connectivity index (χ2v) is 4.84. The van der Waals surface area contributed by atoms with Gasteiger partial charge in [-0.05, 0) is 18.2 Å². The Kier molecular flexibility index (Phi) is 4.69. The maximum absolute atomic E-state index is 13.3. The lowest BCUT2D eigenvalue weighted by Crippen LogP contribution is -2.45. The monoisotopic (exact) mass is 251 g/mol. The molecule has 18 heavy (non-hydrogen) atoms. The standard InChI is InChI=1S/C14H22FN3/c1-2-17-5-7-18(8-6-17)11-12-3-4-14(15)13(9-12)10-16/h3-4,9H,2,5-8,10-11,16H2,1H3. The van der Waals surface area contributed by atoms with Crippen LogP contribution < -0.4 is 5.73 Å². The van der Waals surface area contributed by atoms with Crippen LogP contribution in [0.4, 0.5) is 4.39 Å². The highest BCUT2D eigenvalue weighted by Crippen LogP contribution is 2.13. The van der Waals surface area contributed by atoms with E-state index in [0.29, 0.717) is 5.56 Å². The van der Waals surface area contributed by atoms with Crippen LogP contribution in [0.15, 0.2) is 18.2 Å². The average Bonchev–Trinajstić information content (AvgIpc) is 2.42. The molecule has 1 aliphatic heterocycles. The first-order valence-corrected chi connectivity index (χ1v) is 6.65. The SMILES string of the molecule is CCN1CCN(Cc2ccc(F)c(CN)c2)CC1. The van der Waals surface area contributed by atoms with Gasteiger partial charge in [-0.1, -0.05) is 19.1 Å². The summed E-state index contributed by atoms with van der Waals surface area (Å²) in [5.41, 5.74) is 7.29. The molecule has 1 aromatic carbocycles. The van der Waals surface area contributed by atoms with Gasteiger partial charge >= 0.3 is 0 Å². The highest BCUT2D eigenvalue weighted by Gasteiger charge is 2.15. The number of hydrogen-bond donors (Lipinski definition) is 1. The largest absolute Gasteiger partial charge is 0.326 e. The Morgan fingerprint density at radius 2 is 1.83 bits per heavy atom. The zero-order chi connectivity index (χ0) is 13.0. The molecule has 0 aliphatic carbocycles. The number of piperazine rings is 1. The summed E-state index contributed by atoms with van der Waals surface area (Å²) in [6, 6.07) is 5.28. The molecule has 3 nitrogen and oxygen atoms in total. The first kappa shape index (κ1) is 13.5. The van der Waals surface area contributed by atoms with E-state index < -0.39 is 0 Å². The summed E-state index contributed by atoms with van der Waals surface area (Å²) in [6.45, 7) is 8.91. The van der Waals surface area contributed by atoms with Crippen LogP contribution in [0.2, 0.25) is 0 Å². The Hall–Kier alpha value is -0.970. The topological polar surface area (TPSA) is 32.5 Å². The predicted molar refractivity (Wildman–Crippen MR) is 71.7 cm³/mol. The number of nitrogens with two attached hydrogens (primary N) is 1. The molecule has 1 saturated heterocycles. The van der Waals surface area contributed by atoms with Crippen molar-refractivity contribution in [3.05, 3.63) is 35.1 Å². The van der Waals surface area contributed by atoms with E-state index in [-0.39, 0.29) is 12.4 Å². The molecule has 0 unspecified atom stereocenters. The minimum Gasteiger partial charge on any atom is -0.326 e. The normalized spacial score (nSPS) is 18.2.